The molecule has 11 rings (SSSR count). The van der Waals surface area contributed by atoms with Crippen molar-refractivity contribution in [2.45, 2.75) is 0 Å². The lowest BCUT2D eigenvalue weighted by Gasteiger charge is -2.13. The Labute approximate surface area is 324 Å². The quantitative estimate of drug-likeness (QED) is 0.172. The normalized spacial score (nSPS) is 11.6. The molecule has 3 aromatic heterocycles. The third kappa shape index (κ3) is 5.31. The lowest BCUT2D eigenvalue weighted by molar-refractivity contribution is 1.18. The third-order valence-corrected chi connectivity index (χ3v) is 11.0. The zero-order valence-electron chi connectivity index (χ0n) is 30.4. The number of para-hydroxylation sites is 4. The van der Waals surface area contributed by atoms with Crippen LogP contribution in [0.4, 0.5) is 0 Å². The van der Waals surface area contributed by atoms with Crippen molar-refractivity contribution >= 4 is 43.6 Å². The van der Waals surface area contributed by atoms with Crippen LogP contribution in [-0.4, -0.2) is 19.1 Å². The Hall–Kier alpha value is -7.56. The van der Waals surface area contributed by atoms with E-state index in [4.69, 9.17) is 9.97 Å². The van der Waals surface area contributed by atoms with Gasteiger partial charge in [0.2, 0.25) is 0 Å². The molecule has 56 heavy (non-hydrogen) atoms. The highest BCUT2D eigenvalue weighted by atomic mass is 15.0. The molecule has 3 heterocycles. The summed E-state index contributed by atoms with van der Waals surface area (Å²) in [7, 11) is 0. The molecule has 11 aromatic rings. The van der Waals surface area contributed by atoms with Gasteiger partial charge in [0.25, 0.3) is 0 Å². The maximum absolute atomic E-state index is 5.12. The van der Waals surface area contributed by atoms with E-state index in [9.17, 15) is 0 Å². The van der Waals surface area contributed by atoms with Crippen molar-refractivity contribution < 1.29 is 0 Å². The van der Waals surface area contributed by atoms with Crippen LogP contribution in [0.15, 0.2) is 206 Å². The summed E-state index contributed by atoms with van der Waals surface area (Å²) in [6, 6.07) is 71.4. The molecule has 0 amide bonds. The topological polar surface area (TPSA) is 35.6 Å². The molecule has 0 unspecified atom stereocenters. The van der Waals surface area contributed by atoms with E-state index in [1.54, 1.807) is 0 Å². The van der Waals surface area contributed by atoms with Gasteiger partial charge in [-0.1, -0.05) is 115 Å². The molecule has 0 aliphatic heterocycles. The van der Waals surface area contributed by atoms with E-state index in [2.05, 4.69) is 185 Å². The average molecular weight is 715 g/mol. The lowest BCUT2D eigenvalue weighted by atomic mass is 9.94. The first kappa shape index (κ1) is 31.9. The fourth-order valence-corrected chi connectivity index (χ4v) is 8.37. The molecule has 0 N–H and O–H groups in total. The van der Waals surface area contributed by atoms with E-state index >= 15 is 0 Å². The van der Waals surface area contributed by atoms with Crippen molar-refractivity contribution in [2.75, 3.05) is 0 Å². The summed E-state index contributed by atoms with van der Waals surface area (Å²) in [5.74, 6) is 0.693. The van der Waals surface area contributed by atoms with Crippen LogP contribution in [0.25, 0.3) is 99.9 Å². The van der Waals surface area contributed by atoms with Crippen LogP contribution >= 0.6 is 0 Å². The molecular formula is C52H34N4. The summed E-state index contributed by atoms with van der Waals surface area (Å²) in [5, 5.41) is 4.88. The van der Waals surface area contributed by atoms with Crippen LogP contribution in [0.1, 0.15) is 0 Å². The highest BCUT2D eigenvalue weighted by molar-refractivity contribution is 6.12. The predicted octanol–water partition coefficient (Wildman–Crippen LogP) is 13.3. The highest BCUT2D eigenvalue weighted by Gasteiger charge is 2.17. The summed E-state index contributed by atoms with van der Waals surface area (Å²) in [6.45, 7) is 0. The van der Waals surface area contributed by atoms with Gasteiger partial charge in [-0.2, -0.15) is 0 Å². The minimum absolute atomic E-state index is 0.693. The molecule has 0 aliphatic rings. The van der Waals surface area contributed by atoms with Crippen LogP contribution in [0.2, 0.25) is 0 Å². The molecule has 0 fully saturated rings. The molecule has 0 saturated heterocycles. The smallest absolute Gasteiger partial charge is 0.159 e. The molecule has 0 spiro atoms. The fourth-order valence-electron chi connectivity index (χ4n) is 8.37. The predicted molar refractivity (Wildman–Crippen MR) is 232 cm³/mol. The molecular weight excluding hydrogens is 681 g/mol. The largest absolute Gasteiger partial charge is 0.309 e. The van der Waals surface area contributed by atoms with Crippen molar-refractivity contribution in [3.63, 3.8) is 0 Å². The SMILES string of the molecule is c1ccc(-c2ccnc(-c3cc(-c4ccc5c(c4)c4ccccc4n5-c4ccccc4)cc(-c4ccc5c(c4)c4ccccc4n5-c4ccccc4)c3)n2)cc1. The van der Waals surface area contributed by atoms with E-state index in [0.29, 0.717) is 5.82 Å². The van der Waals surface area contributed by atoms with Crippen LogP contribution in [0, 0.1) is 0 Å². The van der Waals surface area contributed by atoms with Gasteiger partial charge in [-0.15, -0.1) is 0 Å². The standard InChI is InChI=1S/C52H34N4/c1-4-14-35(15-5-1)47-28-29-53-52(54-47)40-31-38(36-24-26-50-45(33-36)43-20-10-12-22-48(43)55(50)41-16-6-2-7-17-41)30-39(32-40)37-25-27-51-46(34-37)44-21-11-13-23-49(44)56(51)42-18-8-3-9-19-42/h1-34H. The van der Waals surface area contributed by atoms with E-state index in [1.165, 1.54) is 43.6 Å². The molecule has 0 bridgehead atoms. The number of nitrogens with zero attached hydrogens (tertiary/aromatic N) is 4. The maximum Gasteiger partial charge on any atom is 0.159 e. The zero-order chi connectivity index (χ0) is 37.0. The first-order valence-corrected chi connectivity index (χ1v) is 19.0. The van der Waals surface area contributed by atoms with Crippen LogP contribution in [0.5, 0.6) is 0 Å². The summed E-state index contributed by atoms with van der Waals surface area (Å²) in [4.78, 5) is 9.96. The van der Waals surface area contributed by atoms with E-state index in [1.807, 2.05) is 30.5 Å². The summed E-state index contributed by atoms with van der Waals surface area (Å²) < 4.78 is 4.72. The number of benzene rings is 8. The van der Waals surface area contributed by atoms with Gasteiger partial charge in [-0.3, -0.25) is 0 Å². The molecule has 0 aliphatic carbocycles. The van der Waals surface area contributed by atoms with Crippen LogP contribution in [-0.2, 0) is 0 Å². The number of hydrogen-bond donors (Lipinski definition) is 0. The maximum atomic E-state index is 5.12. The van der Waals surface area contributed by atoms with E-state index < -0.39 is 0 Å². The van der Waals surface area contributed by atoms with Gasteiger partial charge in [0.05, 0.1) is 27.8 Å². The van der Waals surface area contributed by atoms with E-state index in [0.717, 1.165) is 50.4 Å². The van der Waals surface area contributed by atoms with E-state index in [-0.39, 0.29) is 0 Å². The number of rotatable bonds is 6. The van der Waals surface area contributed by atoms with Gasteiger partial charge in [0.1, 0.15) is 0 Å². The molecule has 4 heteroatoms. The van der Waals surface area contributed by atoms with Gasteiger partial charge < -0.3 is 9.13 Å². The van der Waals surface area contributed by atoms with Gasteiger partial charge in [-0.05, 0) is 107 Å². The Bertz CT molecular complexity index is 3060. The van der Waals surface area contributed by atoms with Crippen molar-refractivity contribution in [1.29, 1.82) is 0 Å². The lowest BCUT2D eigenvalue weighted by Crippen LogP contribution is -1.94. The Kier molecular flexibility index (Phi) is 7.46. The van der Waals surface area contributed by atoms with Gasteiger partial charge >= 0.3 is 0 Å². The summed E-state index contributed by atoms with van der Waals surface area (Å²) in [5.41, 5.74) is 14.4. The highest BCUT2D eigenvalue weighted by Crippen LogP contribution is 2.40. The second-order valence-electron chi connectivity index (χ2n) is 14.3. The molecule has 0 radical (unpaired) electrons. The average Bonchev–Trinajstić information content (AvgIpc) is 3.79. The van der Waals surface area contributed by atoms with Crippen LogP contribution in [0.3, 0.4) is 0 Å². The van der Waals surface area contributed by atoms with Crippen molar-refractivity contribution in [3.05, 3.63) is 206 Å². The number of aromatic nitrogens is 4. The van der Waals surface area contributed by atoms with Gasteiger partial charge in [-0.25, -0.2) is 9.97 Å². The molecule has 262 valence electrons. The minimum atomic E-state index is 0.693. The second kappa shape index (κ2) is 13.1. The summed E-state index contributed by atoms with van der Waals surface area (Å²) in [6.07, 6.45) is 1.87. The Morgan fingerprint density at radius 1 is 0.304 bits per heavy atom. The molecule has 0 atom stereocenters. The van der Waals surface area contributed by atoms with Gasteiger partial charge in [0.15, 0.2) is 5.82 Å². The molecule has 0 saturated carbocycles. The number of hydrogen-bond acceptors (Lipinski definition) is 2. The zero-order valence-corrected chi connectivity index (χ0v) is 30.4. The Balaban J connectivity index is 1.13. The van der Waals surface area contributed by atoms with Crippen molar-refractivity contribution in [1.82, 2.24) is 19.1 Å². The van der Waals surface area contributed by atoms with Crippen LogP contribution < -0.4 is 0 Å². The minimum Gasteiger partial charge on any atom is -0.309 e. The van der Waals surface area contributed by atoms with Crippen molar-refractivity contribution in [3.8, 4) is 56.3 Å². The Morgan fingerprint density at radius 2 is 0.750 bits per heavy atom. The molecule has 4 nitrogen and oxygen atoms in total. The second-order valence-corrected chi connectivity index (χ2v) is 14.3. The number of fused-ring (bicyclic) bond motifs is 6. The first-order valence-electron chi connectivity index (χ1n) is 19.0. The summed E-state index contributed by atoms with van der Waals surface area (Å²) >= 11 is 0. The molecule has 8 aromatic carbocycles. The Morgan fingerprint density at radius 3 is 1.29 bits per heavy atom. The first-order chi connectivity index (χ1) is 27.8. The van der Waals surface area contributed by atoms with Crippen molar-refractivity contribution in [2.24, 2.45) is 0 Å². The fraction of sp³-hybridized carbons (Fsp3) is 0. The third-order valence-electron chi connectivity index (χ3n) is 11.0. The van der Waals surface area contributed by atoms with Gasteiger partial charge in [0, 0.05) is 50.2 Å². The monoisotopic (exact) mass is 714 g/mol.